The van der Waals surface area contributed by atoms with E-state index >= 15 is 0 Å². The van der Waals surface area contributed by atoms with E-state index in [1.165, 1.54) is 7.11 Å². The van der Waals surface area contributed by atoms with Gasteiger partial charge in [0.1, 0.15) is 4.60 Å². The van der Waals surface area contributed by atoms with Crippen molar-refractivity contribution in [1.82, 2.24) is 9.78 Å². The van der Waals surface area contributed by atoms with E-state index in [1.807, 2.05) is 19.1 Å². The van der Waals surface area contributed by atoms with Crippen molar-refractivity contribution >= 4 is 32.8 Å². The Bertz CT molecular complexity index is 690. The van der Waals surface area contributed by atoms with E-state index in [2.05, 4.69) is 25.7 Å². The highest BCUT2D eigenvalue weighted by atomic mass is 79.9. The number of hydrogen-bond donors (Lipinski definition) is 0. The minimum atomic E-state index is -0.319. The van der Waals surface area contributed by atoms with Crippen LogP contribution in [-0.2, 0) is 9.47 Å². The lowest BCUT2D eigenvalue weighted by Crippen LogP contribution is -2.20. The van der Waals surface area contributed by atoms with Crippen molar-refractivity contribution in [2.75, 3.05) is 20.3 Å². The molecule has 0 amide bonds. The number of esters is 1. The molecule has 1 fully saturated rings. The summed E-state index contributed by atoms with van der Waals surface area (Å²) in [5.74, 6) is -0.319. The number of rotatable bonds is 2. The molecule has 0 bridgehead atoms. The molecule has 5 nitrogen and oxygen atoms in total. The van der Waals surface area contributed by atoms with Crippen LogP contribution in [0.2, 0.25) is 0 Å². The molecule has 1 aliphatic rings. The van der Waals surface area contributed by atoms with Gasteiger partial charge in [0.2, 0.25) is 0 Å². The maximum atomic E-state index is 11.8. The molecule has 1 saturated heterocycles. The Morgan fingerprint density at radius 2 is 2.14 bits per heavy atom. The second-order valence-corrected chi connectivity index (χ2v) is 5.95. The number of fused-ring (bicyclic) bond motifs is 1. The van der Waals surface area contributed by atoms with Crippen LogP contribution in [0, 0.1) is 6.92 Å². The van der Waals surface area contributed by atoms with Gasteiger partial charge in [-0.3, -0.25) is 4.68 Å². The predicted octanol–water partition coefficient (Wildman–Crippen LogP) is 3.25. The molecule has 1 aromatic carbocycles. The third-order valence-electron chi connectivity index (χ3n) is 4.03. The minimum Gasteiger partial charge on any atom is -0.465 e. The van der Waals surface area contributed by atoms with Gasteiger partial charge in [-0.25, -0.2) is 4.79 Å². The van der Waals surface area contributed by atoms with Crippen LogP contribution in [0.5, 0.6) is 0 Å². The fourth-order valence-electron chi connectivity index (χ4n) is 2.89. The fraction of sp³-hybridized carbons (Fsp3) is 0.467. The summed E-state index contributed by atoms with van der Waals surface area (Å²) < 4.78 is 13.1. The molecule has 1 aromatic heterocycles. The number of aromatic nitrogens is 2. The number of aryl methyl sites for hydroxylation is 1. The monoisotopic (exact) mass is 352 g/mol. The van der Waals surface area contributed by atoms with E-state index < -0.39 is 0 Å². The van der Waals surface area contributed by atoms with Crippen LogP contribution >= 0.6 is 15.9 Å². The highest BCUT2D eigenvalue weighted by Gasteiger charge is 2.22. The zero-order valence-electron chi connectivity index (χ0n) is 12.1. The van der Waals surface area contributed by atoms with Gasteiger partial charge >= 0.3 is 5.97 Å². The molecule has 0 saturated carbocycles. The molecule has 1 aliphatic heterocycles. The lowest BCUT2D eigenvalue weighted by molar-refractivity contribution is 0.0600. The number of benzene rings is 1. The van der Waals surface area contributed by atoms with Gasteiger partial charge in [-0.05, 0) is 53.4 Å². The van der Waals surface area contributed by atoms with Crippen molar-refractivity contribution in [3.8, 4) is 0 Å². The molecule has 0 spiro atoms. The molecule has 6 heteroatoms. The van der Waals surface area contributed by atoms with Crippen molar-refractivity contribution in [3.63, 3.8) is 0 Å². The van der Waals surface area contributed by atoms with Crippen molar-refractivity contribution < 1.29 is 14.3 Å². The normalized spacial score (nSPS) is 16.3. The summed E-state index contributed by atoms with van der Waals surface area (Å²) in [6.45, 7) is 3.46. The largest absolute Gasteiger partial charge is 0.465 e. The summed E-state index contributed by atoms with van der Waals surface area (Å²) in [6, 6.07) is 4.10. The molecule has 0 atom stereocenters. The second-order valence-electron chi connectivity index (χ2n) is 5.20. The fourth-order valence-corrected chi connectivity index (χ4v) is 3.56. The van der Waals surface area contributed by atoms with E-state index in [0.29, 0.717) is 11.6 Å². The number of carbonyl (C=O) groups is 1. The topological polar surface area (TPSA) is 53.3 Å². The number of hydrogen-bond acceptors (Lipinski definition) is 4. The number of nitrogens with zero attached hydrogens (tertiary/aromatic N) is 2. The first kappa shape index (κ1) is 14.5. The Labute approximate surface area is 131 Å². The summed E-state index contributed by atoms with van der Waals surface area (Å²) in [4.78, 5) is 11.8. The molecule has 0 aliphatic carbocycles. The van der Waals surface area contributed by atoms with Crippen molar-refractivity contribution in [2.24, 2.45) is 0 Å². The van der Waals surface area contributed by atoms with Crippen molar-refractivity contribution in [3.05, 3.63) is 27.9 Å². The molecular formula is C15H17BrN2O3. The van der Waals surface area contributed by atoms with E-state index in [4.69, 9.17) is 9.47 Å². The number of halogens is 1. The Hall–Kier alpha value is -1.40. The van der Waals surface area contributed by atoms with E-state index in [9.17, 15) is 4.79 Å². The maximum Gasteiger partial charge on any atom is 0.338 e. The molecule has 2 heterocycles. The first-order valence-electron chi connectivity index (χ1n) is 6.97. The number of ether oxygens (including phenoxy) is 2. The summed E-state index contributed by atoms with van der Waals surface area (Å²) in [7, 11) is 1.40. The molecule has 0 N–H and O–H groups in total. The van der Waals surface area contributed by atoms with Crippen LogP contribution < -0.4 is 0 Å². The predicted molar refractivity (Wildman–Crippen MR) is 82.6 cm³/mol. The Morgan fingerprint density at radius 3 is 2.81 bits per heavy atom. The molecule has 112 valence electrons. The van der Waals surface area contributed by atoms with Crippen LogP contribution in [0.25, 0.3) is 10.9 Å². The molecule has 0 radical (unpaired) electrons. The van der Waals surface area contributed by atoms with Crippen molar-refractivity contribution in [2.45, 2.75) is 25.8 Å². The van der Waals surface area contributed by atoms with Gasteiger partial charge in [-0.2, -0.15) is 5.10 Å². The highest BCUT2D eigenvalue weighted by Crippen LogP contribution is 2.33. The molecule has 21 heavy (non-hydrogen) atoms. The highest BCUT2D eigenvalue weighted by molar-refractivity contribution is 9.10. The average Bonchev–Trinajstić information content (AvgIpc) is 2.85. The van der Waals surface area contributed by atoms with Gasteiger partial charge in [0.15, 0.2) is 0 Å². The standard InChI is InChI=1S/C15H17BrN2O3/c1-9-11(15(19)20-2)3-4-12-13(9)14(16)17-18(12)10-5-7-21-8-6-10/h3-4,10H,5-8H2,1-2H3. The van der Waals surface area contributed by atoms with Gasteiger partial charge < -0.3 is 9.47 Å². The van der Waals surface area contributed by atoms with E-state index in [1.54, 1.807) is 0 Å². The van der Waals surface area contributed by atoms with Crippen LogP contribution in [0.3, 0.4) is 0 Å². The third kappa shape index (κ3) is 2.46. The third-order valence-corrected chi connectivity index (χ3v) is 4.59. The van der Waals surface area contributed by atoms with Crippen LogP contribution in [-0.4, -0.2) is 36.1 Å². The minimum absolute atomic E-state index is 0.319. The van der Waals surface area contributed by atoms with E-state index in [-0.39, 0.29) is 5.97 Å². The first-order chi connectivity index (χ1) is 10.1. The summed E-state index contributed by atoms with van der Waals surface area (Å²) in [5, 5.41) is 5.60. The summed E-state index contributed by atoms with van der Waals surface area (Å²) >= 11 is 3.53. The van der Waals surface area contributed by atoms with Crippen LogP contribution in [0.15, 0.2) is 16.7 Å². The lowest BCUT2D eigenvalue weighted by atomic mass is 10.0. The van der Waals surface area contributed by atoms with Gasteiger partial charge in [0.05, 0.1) is 24.2 Å². The maximum absolute atomic E-state index is 11.8. The zero-order chi connectivity index (χ0) is 15.0. The SMILES string of the molecule is COC(=O)c1ccc2c(c(Br)nn2C2CCOCC2)c1C. The van der Waals surface area contributed by atoms with Gasteiger partial charge in [0, 0.05) is 18.6 Å². The van der Waals surface area contributed by atoms with Crippen LogP contribution in [0.1, 0.15) is 34.8 Å². The molecule has 3 rings (SSSR count). The summed E-state index contributed by atoms with van der Waals surface area (Å²) in [5.41, 5.74) is 2.51. The Kier molecular flexibility index (Phi) is 3.99. The Balaban J connectivity index is 2.13. The molecular weight excluding hydrogens is 336 g/mol. The van der Waals surface area contributed by atoms with Gasteiger partial charge in [0.25, 0.3) is 0 Å². The molecule has 2 aromatic rings. The number of carbonyl (C=O) groups excluding carboxylic acids is 1. The second kappa shape index (κ2) is 5.77. The van der Waals surface area contributed by atoms with E-state index in [0.717, 1.165) is 47.1 Å². The molecule has 0 unspecified atom stereocenters. The smallest absolute Gasteiger partial charge is 0.338 e. The zero-order valence-corrected chi connectivity index (χ0v) is 13.6. The first-order valence-corrected chi connectivity index (χ1v) is 7.76. The lowest BCUT2D eigenvalue weighted by Gasteiger charge is -2.23. The summed E-state index contributed by atoms with van der Waals surface area (Å²) in [6.07, 6.45) is 1.92. The van der Waals surface area contributed by atoms with Crippen molar-refractivity contribution in [1.29, 1.82) is 0 Å². The van der Waals surface area contributed by atoms with Gasteiger partial charge in [-0.15, -0.1) is 0 Å². The Morgan fingerprint density at radius 1 is 1.43 bits per heavy atom. The van der Waals surface area contributed by atoms with Crippen LogP contribution in [0.4, 0.5) is 0 Å². The quantitative estimate of drug-likeness (QED) is 0.778. The average molecular weight is 353 g/mol. The number of methoxy groups -OCH3 is 1. The van der Waals surface area contributed by atoms with Gasteiger partial charge in [-0.1, -0.05) is 0 Å².